The molecule has 1 atom stereocenters. The maximum absolute atomic E-state index is 14.5. The number of allylic oxidation sites excluding steroid dienone is 2. The van der Waals surface area contributed by atoms with E-state index in [1.165, 1.54) is 16.5 Å². The van der Waals surface area contributed by atoms with E-state index < -0.39 is 0 Å². The Morgan fingerprint density at radius 3 is 2.93 bits per heavy atom. The lowest BCUT2D eigenvalue weighted by Crippen LogP contribution is -2.01. The lowest BCUT2D eigenvalue weighted by Gasteiger charge is -2.11. The van der Waals surface area contributed by atoms with Crippen molar-refractivity contribution < 1.29 is 4.39 Å². The van der Waals surface area contributed by atoms with Crippen LogP contribution in [0, 0.1) is 12.7 Å². The Labute approximate surface area is 179 Å². The zero-order valence-corrected chi connectivity index (χ0v) is 17.5. The quantitative estimate of drug-likeness (QED) is 0.402. The molecule has 1 aliphatic carbocycles. The predicted octanol–water partition coefficient (Wildman–Crippen LogP) is 6.16. The van der Waals surface area contributed by atoms with Crippen LogP contribution in [0.1, 0.15) is 36.6 Å². The topological polar surface area (TPSA) is 56.7 Å². The summed E-state index contributed by atoms with van der Waals surface area (Å²) in [6.07, 6.45) is 10.2. The van der Waals surface area contributed by atoms with E-state index in [9.17, 15) is 4.39 Å². The molecule has 3 aromatic heterocycles. The normalized spacial score (nSPS) is 16.5. The van der Waals surface area contributed by atoms with Crippen molar-refractivity contribution >= 4 is 39.2 Å². The van der Waals surface area contributed by atoms with Crippen LogP contribution in [0.5, 0.6) is 0 Å². The van der Waals surface area contributed by atoms with Crippen LogP contribution in [0.15, 0.2) is 54.4 Å². The van der Waals surface area contributed by atoms with Gasteiger partial charge in [0.25, 0.3) is 0 Å². The molecule has 0 spiro atoms. The molecular weight excluding hydrogens is 399 g/mol. The fraction of sp³-hybridized carbons (Fsp3) is 0.250. The third-order valence-electron chi connectivity index (χ3n) is 6.05. The molecule has 0 amide bonds. The van der Waals surface area contributed by atoms with Gasteiger partial charge in [0.1, 0.15) is 11.6 Å². The third-order valence-corrected chi connectivity index (χ3v) is 6.35. The van der Waals surface area contributed by atoms with Crippen LogP contribution in [0.3, 0.4) is 0 Å². The van der Waals surface area contributed by atoms with Crippen molar-refractivity contribution in [3.63, 3.8) is 0 Å². The Kier molecular flexibility index (Phi) is 4.70. The Bertz CT molecular complexity index is 1310. The summed E-state index contributed by atoms with van der Waals surface area (Å²) in [6.45, 7) is 2.04. The zero-order valence-electron chi connectivity index (χ0n) is 16.7. The van der Waals surface area contributed by atoms with Gasteiger partial charge in [-0.15, -0.1) is 0 Å². The minimum absolute atomic E-state index is 0.228. The molecule has 4 aromatic rings. The number of rotatable bonds is 4. The molecule has 152 valence electrons. The highest BCUT2D eigenvalue weighted by atomic mass is 35.5. The summed E-state index contributed by atoms with van der Waals surface area (Å²) < 4.78 is 16.9. The van der Waals surface area contributed by atoms with Crippen LogP contribution >= 0.6 is 11.6 Å². The molecule has 3 heterocycles. The summed E-state index contributed by atoms with van der Waals surface area (Å²) in [5.41, 5.74) is 11.0. The van der Waals surface area contributed by atoms with Gasteiger partial charge >= 0.3 is 0 Å². The summed E-state index contributed by atoms with van der Waals surface area (Å²) in [4.78, 5) is 8.63. The number of anilines is 1. The van der Waals surface area contributed by atoms with E-state index in [-0.39, 0.29) is 16.7 Å². The van der Waals surface area contributed by atoms with E-state index >= 15 is 0 Å². The number of benzene rings is 1. The van der Waals surface area contributed by atoms with E-state index in [0.29, 0.717) is 16.9 Å². The predicted molar refractivity (Wildman–Crippen MR) is 120 cm³/mol. The molecule has 4 nitrogen and oxygen atoms in total. The lowest BCUT2D eigenvalue weighted by atomic mass is 10.0. The van der Waals surface area contributed by atoms with Crippen LogP contribution < -0.4 is 5.73 Å². The fourth-order valence-electron chi connectivity index (χ4n) is 4.45. The van der Waals surface area contributed by atoms with Crippen molar-refractivity contribution in [2.45, 2.75) is 38.6 Å². The van der Waals surface area contributed by atoms with Gasteiger partial charge in [0.05, 0.1) is 22.1 Å². The van der Waals surface area contributed by atoms with E-state index in [0.717, 1.165) is 36.9 Å². The molecule has 1 aliphatic rings. The van der Waals surface area contributed by atoms with Crippen molar-refractivity contribution in [1.82, 2.24) is 14.5 Å². The van der Waals surface area contributed by atoms with Gasteiger partial charge in [-0.05, 0) is 68.5 Å². The van der Waals surface area contributed by atoms with Gasteiger partial charge in [-0.3, -0.25) is 4.98 Å². The first-order valence-corrected chi connectivity index (χ1v) is 10.5. The average molecular weight is 421 g/mol. The van der Waals surface area contributed by atoms with Crippen molar-refractivity contribution in [1.29, 1.82) is 0 Å². The lowest BCUT2D eigenvalue weighted by molar-refractivity contribution is 0.608. The van der Waals surface area contributed by atoms with Gasteiger partial charge in [-0.2, -0.15) is 0 Å². The first-order valence-electron chi connectivity index (χ1n) is 10.2. The van der Waals surface area contributed by atoms with Crippen molar-refractivity contribution in [2.24, 2.45) is 0 Å². The third kappa shape index (κ3) is 3.33. The molecule has 5 rings (SSSR count). The number of hydrogen-bond acceptors (Lipinski definition) is 3. The van der Waals surface area contributed by atoms with Gasteiger partial charge in [0.2, 0.25) is 0 Å². The van der Waals surface area contributed by atoms with E-state index in [4.69, 9.17) is 17.3 Å². The Balaban J connectivity index is 1.35. The number of pyridine rings is 2. The maximum atomic E-state index is 14.5. The van der Waals surface area contributed by atoms with Crippen LogP contribution in [0.25, 0.3) is 21.8 Å². The van der Waals surface area contributed by atoms with Crippen molar-refractivity contribution in [3.8, 4) is 0 Å². The zero-order chi connectivity index (χ0) is 20.8. The summed E-state index contributed by atoms with van der Waals surface area (Å²) >= 11 is 5.98. The smallest absolute Gasteiger partial charge is 0.142 e. The highest BCUT2D eigenvalue weighted by Crippen LogP contribution is 2.34. The minimum Gasteiger partial charge on any atom is -0.382 e. The Hall–Kier alpha value is -2.92. The number of halogens is 2. The summed E-state index contributed by atoms with van der Waals surface area (Å²) in [5, 5.41) is 1.89. The number of nitrogens with two attached hydrogens (primary N) is 1. The van der Waals surface area contributed by atoms with Gasteiger partial charge < -0.3 is 10.3 Å². The highest BCUT2D eigenvalue weighted by molar-refractivity contribution is 6.33. The molecule has 0 saturated carbocycles. The second-order valence-corrected chi connectivity index (χ2v) is 8.39. The van der Waals surface area contributed by atoms with Crippen LogP contribution in [-0.2, 0) is 6.42 Å². The number of aromatic nitrogens is 3. The van der Waals surface area contributed by atoms with Crippen LogP contribution in [0.2, 0.25) is 5.02 Å². The SMILES string of the molecule is Cc1nccc2c1ccn2C1C=C(CCc2cc(F)c3cc(Cl)c(N)nc3c2)CC1. The van der Waals surface area contributed by atoms with Gasteiger partial charge in [0, 0.05) is 28.9 Å². The number of nitrogens with zero attached hydrogens (tertiary/aromatic N) is 3. The minimum atomic E-state index is -0.307. The maximum Gasteiger partial charge on any atom is 0.142 e. The molecule has 6 heteroatoms. The van der Waals surface area contributed by atoms with Crippen LogP contribution in [0.4, 0.5) is 10.2 Å². The van der Waals surface area contributed by atoms with E-state index in [2.05, 4.69) is 38.9 Å². The summed E-state index contributed by atoms with van der Waals surface area (Å²) in [7, 11) is 0. The largest absolute Gasteiger partial charge is 0.382 e. The summed E-state index contributed by atoms with van der Waals surface area (Å²) in [6, 6.07) is 9.62. The molecule has 0 fully saturated rings. The van der Waals surface area contributed by atoms with Gasteiger partial charge in [0.15, 0.2) is 0 Å². The number of fused-ring (bicyclic) bond motifs is 2. The van der Waals surface area contributed by atoms with Crippen molar-refractivity contribution in [3.05, 3.63) is 76.5 Å². The Morgan fingerprint density at radius 2 is 2.07 bits per heavy atom. The molecule has 1 unspecified atom stereocenters. The molecule has 0 bridgehead atoms. The Morgan fingerprint density at radius 1 is 1.20 bits per heavy atom. The van der Waals surface area contributed by atoms with E-state index in [1.807, 2.05) is 19.2 Å². The van der Waals surface area contributed by atoms with Gasteiger partial charge in [-0.1, -0.05) is 23.3 Å². The fourth-order valence-corrected chi connectivity index (χ4v) is 4.60. The van der Waals surface area contributed by atoms with Crippen LogP contribution in [-0.4, -0.2) is 14.5 Å². The second kappa shape index (κ2) is 7.40. The standard InChI is InChI=1S/C24H22ClFN4/c1-14-18-7-9-30(23(18)6-8-28-14)17-5-4-15(10-17)2-3-16-11-21(26)19-13-20(25)24(27)29-22(19)12-16/h6-13,17H,2-5H2,1H3,(H2,27,29). The molecule has 1 aromatic carbocycles. The monoisotopic (exact) mass is 420 g/mol. The second-order valence-electron chi connectivity index (χ2n) is 7.98. The molecule has 30 heavy (non-hydrogen) atoms. The average Bonchev–Trinajstić information content (AvgIpc) is 3.35. The molecule has 0 aliphatic heterocycles. The molecule has 0 radical (unpaired) electrons. The summed E-state index contributed by atoms with van der Waals surface area (Å²) in [5.74, 6) is -0.0792. The van der Waals surface area contributed by atoms with Gasteiger partial charge in [-0.25, -0.2) is 9.37 Å². The van der Waals surface area contributed by atoms with E-state index in [1.54, 1.807) is 12.1 Å². The molecule has 2 N–H and O–H groups in total. The first-order chi connectivity index (χ1) is 14.5. The number of nitrogen functional groups attached to an aromatic ring is 1. The number of hydrogen-bond donors (Lipinski definition) is 1. The first kappa shape index (κ1) is 19.1. The highest BCUT2D eigenvalue weighted by Gasteiger charge is 2.19. The molecular formula is C24H22ClFN4. The van der Waals surface area contributed by atoms with Crippen molar-refractivity contribution in [2.75, 3.05) is 5.73 Å². The number of aryl methyl sites for hydroxylation is 2. The molecule has 0 saturated heterocycles.